The molecule has 0 aliphatic carbocycles. The normalized spacial score (nSPS) is 10.9. The lowest BCUT2D eigenvalue weighted by atomic mass is 9.89. The molecule has 0 aliphatic heterocycles. The van der Waals surface area contributed by atoms with Crippen molar-refractivity contribution in [3.05, 3.63) is 87.7 Å². The van der Waals surface area contributed by atoms with E-state index in [9.17, 15) is 14.3 Å². The van der Waals surface area contributed by atoms with Crippen LogP contribution in [-0.4, -0.2) is 10.9 Å². The number of halogens is 1. The van der Waals surface area contributed by atoms with Crippen molar-refractivity contribution in [3.63, 3.8) is 0 Å². The van der Waals surface area contributed by atoms with Gasteiger partial charge in [-0.1, -0.05) is 24.3 Å². The molecular formula is C24H23FO2. The largest absolute Gasteiger partial charge is 0.508 e. The fraction of sp³-hybridized carbons (Fsp3) is 0.208. The summed E-state index contributed by atoms with van der Waals surface area (Å²) in [5.74, 6) is -0.111. The molecule has 0 saturated carbocycles. The number of carbonyl (C=O) groups is 1. The van der Waals surface area contributed by atoms with Gasteiger partial charge in [0.1, 0.15) is 11.6 Å². The monoisotopic (exact) mass is 362 g/mol. The second kappa shape index (κ2) is 7.36. The van der Waals surface area contributed by atoms with E-state index < -0.39 is 0 Å². The molecule has 0 heterocycles. The van der Waals surface area contributed by atoms with Crippen molar-refractivity contribution in [2.75, 3.05) is 0 Å². The van der Waals surface area contributed by atoms with Crippen molar-refractivity contribution < 1.29 is 14.3 Å². The molecule has 138 valence electrons. The molecule has 3 aromatic carbocycles. The van der Waals surface area contributed by atoms with Gasteiger partial charge < -0.3 is 5.11 Å². The van der Waals surface area contributed by atoms with Gasteiger partial charge in [0.2, 0.25) is 0 Å². The van der Waals surface area contributed by atoms with Gasteiger partial charge in [-0.05, 0) is 90.9 Å². The zero-order valence-corrected chi connectivity index (χ0v) is 16.1. The van der Waals surface area contributed by atoms with E-state index in [0.717, 1.165) is 38.9 Å². The number of Topliss-reactive ketones (excluding diaryl/α,β-unsaturated/α-hetero) is 1. The number of ketones is 1. The molecule has 1 N–H and O–H groups in total. The highest BCUT2D eigenvalue weighted by molar-refractivity contribution is 6.00. The van der Waals surface area contributed by atoms with Gasteiger partial charge in [0, 0.05) is 12.0 Å². The molecule has 0 fully saturated rings. The Hall–Kier alpha value is -2.94. The van der Waals surface area contributed by atoms with E-state index in [4.69, 9.17) is 0 Å². The van der Waals surface area contributed by atoms with Crippen LogP contribution in [0.25, 0.3) is 11.1 Å². The lowest BCUT2D eigenvalue weighted by Gasteiger charge is -2.14. The van der Waals surface area contributed by atoms with Crippen LogP contribution in [0.15, 0.2) is 48.5 Å². The number of hydrogen-bond acceptors (Lipinski definition) is 2. The maximum absolute atomic E-state index is 13.6. The second-order valence-corrected chi connectivity index (χ2v) is 7.08. The first-order valence-electron chi connectivity index (χ1n) is 8.96. The highest BCUT2D eigenvalue weighted by Gasteiger charge is 2.17. The molecule has 0 unspecified atom stereocenters. The third-order valence-corrected chi connectivity index (χ3v) is 5.27. The summed E-state index contributed by atoms with van der Waals surface area (Å²) in [6.45, 7) is 7.66. The summed E-state index contributed by atoms with van der Waals surface area (Å²) in [4.78, 5) is 13.1. The molecule has 0 atom stereocenters. The minimum atomic E-state index is -0.301. The van der Waals surface area contributed by atoms with Gasteiger partial charge in [-0.25, -0.2) is 4.39 Å². The molecule has 3 rings (SSSR count). The molecule has 0 aliphatic rings. The number of phenolic OH excluding ortho intramolecular Hbond substituents is 1. The lowest BCUT2D eigenvalue weighted by molar-refractivity contribution is 0.0992. The fourth-order valence-corrected chi connectivity index (χ4v) is 3.39. The molecule has 3 heteroatoms. The van der Waals surface area contributed by atoms with E-state index in [2.05, 4.69) is 0 Å². The van der Waals surface area contributed by atoms with E-state index in [1.165, 1.54) is 12.1 Å². The second-order valence-electron chi connectivity index (χ2n) is 7.08. The Morgan fingerprint density at radius 1 is 0.889 bits per heavy atom. The fourth-order valence-electron chi connectivity index (χ4n) is 3.39. The number of aromatic hydroxyl groups is 1. The van der Waals surface area contributed by atoms with Crippen LogP contribution in [0, 0.1) is 33.5 Å². The van der Waals surface area contributed by atoms with Crippen molar-refractivity contribution in [3.8, 4) is 16.9 Å². The molecule has 0 amide bonds. The molecule has 0 radical (unpaired) electrons. The molecule has 27 heavy (non-hydrogen) atoms. The Kier molecular flexibility index (Phi) is 5.13. The summed E-state index contributed by atoms with van der Waals surface area (Å²) >= 11 is 0. The molecule has 3 aromatic rings. The van der Waals surface area contributed by atoms with Gasteiger partial charge in [0.15, 0.2) is 5.78 Å². The quantitative estimate of drug-likeness (QED) is 0.591. The average molecular weight is 362 g/mol. The Labute approximate surface area is 159 Å². The van der Waals surface area contributed by atoms with Crippen LogP contribution in [0.2, 0.25) is 0 Å². The summed E-state index contributed by atoms with van der Waals surface area (Å²) in [5.41, 5.74) is 6.69. The molecule has 0 aromatic heterocycles. The van der Waals surface area contributed by atoms with Crippen molar-refractivity contribution in [1.82, 2.24) is 0 Å². The topological polar surface area (TPSA) is 37.3 Å². The van der Waals surface area contributed by atoms with Crippen LogP contribution in [-0.2, 0) is 6.42 Å². The average Bonchev–Trinajstić information content (AvgIpc) is 2.64. The Bertz CT molecular complexity index is 1030. The predicted molar refractivity (Wildman–Crippen MR) is 107 cm³/mol. The smallest absolute Gasteiger partial charge is 0.167 e. The Morgan fingerprint density at radius 3 is 2.33 bits per heavy atom. The van der Waals surface area contributed by atoms with E-state index in [0.29, 0.717) is 5.56 Å². The Morgan fingerprint density at radius 2 is 1.63 bits per heavy atom. The van der Waals surface area contributed by atoms with Crippen LogP contribution in [0.3, 0.4) is 0 Å². The predicted octanol–water partition coefficient (Wildman–Crippen LogP) is 5.86. The van der Waals surface area contributed by atoms with Gasteiger partial charge in [-0.15, -0.1) is 0 Å². The maximum atomic E-state index is 13.6. The maximum Gasteiger partial charge on any atom is 0.167 e. The van der Waals surface area contributed by atoms with Crippen LogP contribution < -0.4 is 0 Å². The molecule has 0 spiro atoms. The summed E-state index contributed by atoms with van der Waals surface area (Å²) in [6, 6.07) is 13.7. The molecule has 2 nitrogen and oxygen atoms in total. The minimum Gasteiger partial charge on any atom is -0.508 e. The summed E-state index contributed by atoms with van der Waals surface area (Å²) < 4.78 is 13.6. The van der Waals surface area contributed by atoms with Crippen LogP contribution in [0.1, 0.15) is 38.2 Å². The van der Waals surface area contributed by atoms with Crippen LogP contribution >= 0.6 is 0 Å². The van der Waals surface area contributed by atoms with Crippen LogP contribution in [0.4, 0.5) is 4.39 Å². The van der Waals surface area contributed by atoms with Crippen molar-refractivity contribution in [2.24, 2.45) is 0 Å². The molecular weight excluding hydrogens is 339 g/mol. The van der Waals surface area contributed by atoms with E-state index in [1.807, 2.05) is 52.0 Å². The van der Waals surface area contributed by atoms with E-state index in [-0.39, 0.29) is 23.8 Å². The van der Waals surface area contributed by atoms with Crippen molar-refractivity contribution in [1.29, 1.82) is 0 Å². The zero-order chi connectivity index (χ0) is 19.7. The summed E-state index contributed by atoms with van der Waals surface area (Å²) in [7, 11) is 0. The van der Waals surface area contributed by atoms with Gasteiger partial charge in [0.05, 0.1) is 0 Å². The standard InChI is InChI=1S/C24H23FO2/c1-14-8-9-23(26)17(4)21(14)13-24(27)22-12-19(10-15(2)16(22)3)18-6-5-7-20(25)11-18/h5-12,26H,13H2,1-4H3. The summed E-state index contributed by atoms with van der Waals surface area (Å²) in [5, 5.41) is 9.98. The highest BCUT2D eigenvalue weighted by Crippen LogP contribution is 2.29. The SMILES string of the molecule is Cc1cc(-c2cccc(F)c2)cc(C(=O)Cc2c(C)ccc(O)c2C)c1C. The van der Waals surface area contributed by atoms with Gasteiger partial charge in [-0.2, -0.15) is 0 Å². The summed E-state index contributed by atoms with van der Waals surface area (Å²) in [6.07, 6.45) is 0.221. The number of benzene rings is 3. The van der Waals surface area contributed by atoms with Crippen molar-refractivity contribution >= 4 is 5.78 Å². The zero-order valence-electron chi connectivity index (χ0n) is 16.1. The number of carbonyl (C=O) groups excluding carboxylic acids is 1. The first-order chi connectivity index (χ1) is 12.8. The highest BCUT2D eigenvalue weighted by atomic mass is 19.1. The minimum absolute atomic E-state index is 0.00865. The van der Waals surface area contributed by atoms with E-state index >= 15 is 0 Å². The third kappa shape index (κ3) is 3.77. The van der Waals surface area contributed by atoms with E-state index in [1.54, 1.807) is 12.1 Å². The molecule has 0 bridgehead atoms. The van der Waals surface area contributed by atoms with Gasteiger partial charge >= 0.3 is 0 Å². The van der Waals surface area contributed by atoms with Crippen LogP contribution in [0.5, 0.6) is 5.75 Å². The lowest BCUT2D eigenvalue weighted by Crippen LogP contribution is -2.09. The number of aryl methyl sites for hydroxylation is 2. The van der Waals surface area contributed by atoms with Gasteiger partial charge in [0.25, 0.3) is 0 Å². The number of hydrogen-bond donors (Lipinski definition) is 1. The Balaban J connectivity index is 2.04. The third-order valence-electron chi connectivity index (χ3n) is 5.27. The number of rotatable bonds is 4. The first-order valence-corrected chi connectivity index (χ1v) is 8.96. The molecule has 0 saturated heterocycles. The first kappa shape index (κ1) is 18.8. The van der Waals surface area contributed by atoms with Crippen molar-refractivity contribution in [2.45, 2.75) is 34.1 Å². The number of phenols is 1. The van der Waals surface area contributed by atoms with Gasteiger partial charge in [-0.3, -0.25) is 4.79 Å².